The maximum atomic E-state index is 11.9. The predicted molar refractivity (Wildman–Crippen MR) is 104 cm³/mol. The van der Waals surface area contributed by atoms with Crippen LogP contribution in [0.3, 0.4) is 0 Å². The minimum absolute atomic E-state index is 0.0755. The molecule has 0 bridgehead atoms. The van der Waals surface area contributed by atoms with Crippen molar-refractivity contribution in [1.82, 2.24) is 10.6 Å². The van der Waals surface area contributed by atoms with Crippen molar-refractivity contribution in [3.05, 3.63) is 59.7 Å². The first-order chi connectivity index (χ1) is 13.2. The first-order valence-corrected chi connectivity index (χ1v) is 8.69. The average Bonchev–Trinajstić information content (AvgIpc) is 3.12. The number of carbonyl (C=O) groups is 2. The lowest BCUT2D eigenvalue weighted by atomic mass is 10.1. The van der Waals surface area contributed by atoms with E-state index in [1.807, 2.05) is 48.5 Å². The quantitative estimate of drug-likeness (QED) is 0.798. The summed E-state index contributed by atoms with van der Waals surface area (Å²) in [6.45, 7) is 1.62. The summed E-state index contributed by atoms with van der Waals surface area (Å²) in [5.74, 6) is 6.63. The summed E-state index contributed by atoms with van der Waals surface area (Å²) < 4.78 is 5.10. The zero-order chi connectivity index (χ0) is 19.1. The minimum Gasteiger partial charge on any atom is -0.497 e. The van der Waals surface area contributed by atoms with Crippen molar-refractivity contribution < 1.29 is 14.3 Å². The van der Waals surface area contributed by atoms with Crippen LogP contribution in [0.4, 0.5) is 10.5 Å². The summed E-state index contributed by atoms with van der Waals surface area (Å²) in [6.07, 6.45) is 0.304. The molecule has 27 heavy (non-hydrogen) atoms. The van der Waals surface area contributed by atoms with E-state index in [9.17, 15) is 9.59 Å². The van der Waals surface area contributed by atoms with Gasteiger partial charge in [-0.2, -0.15) is 0 Å². The van der Waals surface area contributed by atoms with E-state index >= 15 is 0 Å². The third-order valence-corrected chi connectivity index (χ3v) is 4.17. The number of ether oxygens (including phenoxy) is 1. The molecule has 3 amide bonds. The van der Waals surface area contributed by atoms with E-state index in [1.165, 1.54) is 0 Å². The number of nitrogens with one attached hydrogen (secondary N) is 2. The van der Waals surface area contributed by atoms with Crippen LogP contribution in [0.25, 0.3) is 0 Å². The fourth-order valence-corrected chi connectivity index (χ4v) is 2.72. The minimum atomic E-state index is -0.0788. The number of urea groups is 1. The molecule has 1 aliphatic heterocycles. The highest BCUT2D eigenvalue weighted by molar-refractivity contribution is 5.94. The number of hydrogen-bond donors (Lipinski definition) is 2. The molecule has 2 aromatic rings. The molecule has 0 aliphatic carbocycles. The van der Waals surface area contributed by atoms with Crippen molar-refractivity contribution >= 4 is 17.6 Å². The normalized spacial score (nSPS) is 12.8. The van der Waals surface area contributed by atoms with Crippen LogP contribution in [-0.4, -0.2) is 38.7 Å². The Morgan fingerprint density at radius 3 is 2.56 bits per heavy atom. The van der Waals surface area contributed by atoms with Crippen molar-refractivity contribution in [2.45, 2.75) is 6.42 Å². The lowest BCUT2D eigenvalue weighted by Gasteiger charge is -2.13. The summed E-state index contributed by atoms with van der Waals surface area (Å²) in [7, 11) is 1.61. The largest absolute Gasteiger partial charge is 0.497 e. The highest BCUT2D eigenvalue weighted by atomic mass is 16.5. The van der Waals surface area contributed by atoms with E-state index in [-0.39, 0.29) is 18.5 Å². The van der Waals surface area contributed by atoms with Crippen LogP contribution < -0.4 is 20.3 Å². The zero-order valence-electron chi connectivity index (χ0n) is 15.1. The van der Waals surface area contributed by atoms with Gasteiger partial charge in [0.25, 0.3) is 0 Å². The third-order valence-electron chi connectivity index (χ3n) is 4.17. The van der Waals surface area contributed by atoms with Gasteiger partial charge in [-0.25, -0.2) is 4.79 Å². The lowest BCUT2D eigenvalue weighted by Crippen LogP contribution is -2.27. The van der Waals surface area contributed by atoms with Crippen molar-refractivity contribution in [2.75, 3.05) is 31.6 Å². The number of benzene rings is 2. The fraction of sp³-hybridized carbons (Fsp3) is 0.238. The Hall–Kier alpha value is -3.46. The lowest BCUT2D eigenvalue weighted by molar-refractivity contribution is -0.120. The summed E-state index contributed by atoms with van der Waals surface area (Å²) in [5.41, 5.74) is 2.61. The number of carbonyl (C=O) groups excluding carboxylic acids is 2. The molecule has 0 aromatic heterocycles. The highest BCUT2D eigenvalue weighted by Crippen LogP contribution is 2.16. The van der Waals surface area contributed by atoms with Gasteiger partial charge in [0.05, 0.1) is 20.1 Å². The first kappa shape index (κ1) is 18.3. The molecule has 0 saturated carbocycles. The van der Waals surface area contributed by atoms with Gasteiger partial charge in [-0.15, -0.1) is 0 Å². The monoisotopic (exact) mass is 363 g/mol. The maximum absolute atomic E-state index is 11.9. The standard InChI is InChI=1S/C21H21N3O3/c1-27-19-10-6-17(7-11-19)15-20(25)22-12-2-3-16-4-8-18(9-5-16)24-14-13-23-21(24)26/h4-11H,12-15H2,1H3,(H,22,25)(H,23,26). The molecule has 138 valence electrons. The van der Waals surface area contributed by atoms with Crippen LogP contribution in [0.15, 0.2) is 48.5 Å². The summed E-state index contributed by atoms with van der Waals surface area (Å²) in [4.78, 5) is 25.3. The topological polar surface area (TPSA) is 70.7 Å². The van der Waals surface area contributed by atoms with E-state index in [0.717, 1.165) is 22.6 Å². The maximum Gasteiger partial charge on any atom is 0.321 e. The Morgan fingerprint density at radius 2 is 1.93 bits per heavy atom. The molecule has 1 heterocycles. The van der Waals surface area contributed by atoms with Gasteiger partial charge in [-0.3, -0.25) is 9.69 Å². The number of nitrogens with zero attached hydrogens (tertiary/aromatic N) is 1. The van der Waals surface area contributed by atoms with Crippen molar-refractivity contribution in [3.8, 4) is 17.6 Å². The fourth-order valence-electron chi connectivity index (χ4n) is 2.72. The van der Waals surface area contributed by atoms with Crippen molar-refractivity contribution in [1.29, 1.82) is 0 Å². The SMILES string of the molecule is COc1ccc(CC(=O)NCC#Cc2ccc(N3CCNC3=O)cc2)cc1. The number of methoxy groups -OCH3 is 1. The molecule has 0 radical (unpaired) electrons. The van der Waals surface area contributed by atoms with Gasteiger partial charge in [0.15, 0.2) is 0 Å². The van der Waals surface area contributed by atoms with Crippen LogP contribution in [0.5, 0.6) is 5.75 Å². The Labute approximate surface area is 158 Å². The van der Waals surface area contributed by atoms with Gasteiger partial charge in [0.2, 0.25) is 5.91 Å². The molecule has 0 atom stereocenters. The Balaban J connectivity index is 1.46. The van der Waals surface area contributed by atoms with Crippen LogP contribution in [0.1, 0.15) is 11.1 Å². The number of rotatable bonds is 5. The van der Waals surface area contributed by atoms with Gasteiger partial charge >= 0.3 is 6.03 Å². The Kier molecular flexibility index (Phi) is 5.95. The van der Waals surface area contributed by atoms with Crippen LogP contribution in [0, 0.1) is 11.8 Å². The zero-order valence-corrected chi connectivity index (χ0v) is 15.1. The van der Waals surface area contributed by atoms with Crippen molar-refractivity contribution in [2.24, 2.45) is 0 Å². The molecule has 1 saturated heterocycles. The number of amides is 3. The van der Waals surface area contributed by atoms with E-state index in [1.54, 1.807) is 12.0 Å². The predicted octanol–water partition coefficient (Wildman–Crippen LogP) is 1.94. The van der Waals surface area contributed by atoms with Gasteiger partial charge in [0, 0.05) is 24.3 Å². The molecule has 3 rings (SSSR count). The molecule has 1 fully saturated rings. The van der Waals surface area contributed by atoms with E-state index in [0.29, 0.717) is 19.5 Å². The average molecular weight is 363 g/mol. The summed E-state index contributed by atoms with van der Waals surface area (Å²) >= 11 is 0. The third kappa shape index (κ3) is 5.02. The van der Waals surface area contributed by atoms with Gasteiger partial charge in [-0.1, -0.05) is 24.0 Å². The molecule has 2 N–H and O–H groups in total. The molecule has 1 aliphatic rings. The van der Waals surface area contributed by atoms with Gasteiger partial charge in [-0.05, 0) is 42.0 Å². The van der Waals surface area contributed by atoms with Gasteiger partial charge < -0.3 is 15.4 Å². The number of hydrogen-bond acceptors (Lipinski definition) is 3. The summed E-state index contributed by atoms with van der Waals surface area (Å²) in [5, 5.41) is 5.56. The van der Waals surface area contributed by atoms with Crippen LogP contribution in [-0.2, 0) is 11.2 Å². The van der Waals surface area contributed by atoms with E-state index in [2.05, 4.69) is 22.5 Å². The summed E-state index contributed by atoms with van der Waals surface area (Å²) in [6, 6.07) is 14.8. The van der Waals surface area contributed by atoms with Crippen molar-refractivity contribution in [3.63, 3.8) is 0 Å². The molecular weight excluding hydrogens is 342 g/mol. The molecule has 0 unspecified atom stereocenters. The van der Waals surface area contributed by atoms with Gasteiger partial charge in [0.1, 0.15) is 5.75 Å². The van der Waals surface area contributed by atoms with Crippen LogP contribution in [0.2, 0.25) is 0 Å². The second-order valence-electron chi connectivity index (χ2n) is 6.03. The smallest absolute Gasteiger partial charge is 0.321 e. The number of anilines is 1. The van der Waals surface area contributed by atoms with E-state index < -0.39 is 0 Å². The van der Waals surface area contributed by atoms with E-state index in [4.69, 9.17) is 4.74 Å². The molecular formula is C21H21N3O3. The molecule has 6 heteroatoms. The highest BCUT2D eigenvalue weighted by Gasteiger charge is 2.20. The second kappa shape index (κ2) is 8.77. The Morgan fingerprint density at radius 1 is 1.19 bits per heavy atom. The Bertz CT molecular complexity index is 864. The second-order valence-corrected chi connectivity index (χ2v) is 6.03. The van der Waals surface area contributed by atoms with Crippen LogP contribution >= 0.6 is 0 Å². The molecule has 0 spiro atoms. The molecule has 2 aromatic carbocycles. The first-order valence-electron chi connectivity index (χ1n) is 8.69. The molecule has 6 nitrogen and oxygen atoms in total.